The van der Waals surface area contributed by atoms with Gasteiger partial charge >= 0.3 is 6.18 Å². The maximum atomic E-state index is 12.8. The third-order valence-electron chi connectivity index (χ3n) is 3.07. The lowest BCUT2D eigenvalue weighted by Gasteiger charge is -2.13. The van der Waals surface area contributed by atoms with Gasteiger partial charge < -0.3 is 0 Å². The van der Waals surface area contributed by atoms with Crippen LogP contribution in [0.4, 0.5) is 18.9 Å². The molecule has 0 atom stereocenters. The number of carbonyl (C=O) groups is 1. The molecule has 0 aliphatic rings. The van der Waals surface area contributed by atoms with Crippen LogP contribution in [0.25, 0.3) is 0 Å². The molecule has 24 heavy (non-hydrogen) atoms. The quantitative estimate of drug-likeness (QED) is 0.805. The molecule has 1 N–H and O–H groups in total. The summed E-state index contributed by atoms with van der Waals surface area (Å²) in [5, 5.41) is -0.349. The van der Waals surface area contributed by atoms with Crippen LogP contribution in [0.5, 0.6) is 0 Å². The highest BCUT2D eigenvalue weighted by Gasteiger charge is 2.32. The van der Waals surface area contributed by atoms with Gasteiger partial charge in [0.15, 0.2) is 5.78 Å². The van der Waals surface area contributed by atoms with Crippen molar-refractivity contribution in [2.24, 2.45) is 0 Å². The minimum atomic E-state index is -4.70. The summed E-state index contributed by atoms with van der Waals surface area (Å²) in [6, 6.07) is 7.59. The Labute approximate surface area is 141 Å². The van der Waals surface area contributed by atoms with E-state index in [0.29, 0.717) is 12.1 Å². The number of nitrogens with one attached hydrogen (secondary N) is 1. The summed E-state index contributed by atoms with van der Waals surface area (Å²) >= 11 is 5.74. The Morgan fingerprint density at radius 2 is 1.79 bits per heavy atom. The van der Waals surface area contributed by atoms with Crippen LogP contribution in [0.1, 0.15) is 22.8 Å². The number of carbonyl (C=O) groups excluding carboxylic acids is 1. The van der Waals surface area contributed by atoms with Crippen molar-refractivity contribution in [1.82, 2.24) is 0 Å². The van der Waals surface area contributed by atoms with Gasteiger partial charge in [-0.2, -0.15) is 13.2 Å². The molecule has 2 aromatic rings. The van der Waals surface area contributed by atoms with Crippen molar-refractivity contribution >= 4 is 33.1 Å². The molecular weight excluding hydrogens is 367 g/mol. The minimum absolute atomic E-state index is 0.0381. The molecule has 4 nitrogen and oxygen atoms in total. The number of hydrogen-bond donors (Lipinski definition) is 1. The fourth-order valence-corrected chi connectivity index (χ4v) is 3.47. The molecule has 0 radical (unpaired) electrons. The zero-order chi connectivity index (χ0) is 18.1. The average Bonchev–Trinajstić information content (AvgIpc) is 2.46. The Balaban J connectivity index is 2.44. The molecule has 0 amide bonds. The zero-order valence-corrected chi connectivity index (χ0v) is 13.8. The second kappa shape index (κ2) is 6.45. The second-order valence-electron chi connectivity index (χ2n) is 4.89. The number of benzene rings is 2. The predicted octanol–water partition coefficient (Wildman–Crippen LogP) is 4.36. The molecule has 0 unspecified atom stereocenters. The molecule has 128 valence electrons. The monoisotopic (exact) mass is 377 g/mol. The van der Waals surface area contributed by atoms with E-state index < -0.39 is 26.7 Å². The Morgan fingerprint density at radius 3 is 2.38 bits per heavy atom. The smallest absolute Gasteiger partial charge is 0.295 e. The molecule has 0 heterocycles. The highest BCUT2D eigenvalue weighted by molar-refractivity contribution is 7.92. The van der Waals surface area contributed by atoms with Crippen LogP contribution in [0.3, 0.4) is 0 Å². The van der Waals surface area contributed by atoms with Crippen molar-refractivity contribution in [1.29, 1.82) is 0 Å². The first kappa shape index (κ1) is 18.3. The number of sulfonamides is 1. The molecule has 0 aliphatic heterocycles. The maximum absolute atomic E-state index is 12.8. The van der Waals surface area contributed by atoms with Gasteiger partial charge in [0, 0.05) is 11.3 Å². The van der Waals surface area contributed by atoms with Crippen LogP contribution in [0, 0.1) is 0 Å². The van der Waals surface area contributed by atoms with Gasteiger partial charge in [0.05, 0.1) is 10.6 Å². The Kier molecular flexibility index (Phi) is 4.91. The third kappa shape index (κ3) is 4.07. The number of alkyl halides is 3. The van der Waals surface area contributed by atoms with Crippen molar-refractivity contribution in [3.8, 4) is 0 Å². The van der Waals surface area contributed by atoms with Gasteiger partial charge in [-0.05, 0) is 37.3 Å². The summed E-state index contributed by atoms with van der Waals surface area (Å²) in [5.74, 6) is -0.284. The molecule has 0 aliphatic carbocycles. The highest BCUT2D eigenvalue weighted by atomic mass is 35.5. The van der Waals surface area contributed by atoms with E-state index in [1.165, 1.54) is 31.2 Å². The van der Waals surface area contributed by atoms with Crippen molar-refractivity contribution < 1.29 is 26.4 Å². The summed E-state index contributed by atoms with van der Waals surface area (Å²) < 4.78 is 65.1. The molecule has 2 aromatic carbocycles. The van der Waals surface area contributed by atoms with Gasteiger partial charge in [-0.25, -0.2) is 8.42 Å². The molecule has 2 rings (SSSR count). The first-order valence-corrected chi connectivity index (χ1v) is 8.37. The SMILES string of the molecule is CC(=O)c1cccc(NS(=O)(=O)c2cc(C(F)(F)F)ccc2Cl)c1. The number of rotatable bonds is 4. The van der Waals surface area contributed by atoms with Gasteiger partial charge in [-0.3, -0.25) is 9.52 Å². The lowest BCUT2D eigenvalue weighted by atomic mass is 10.1. The van der Waals surface area contributed by atoms with Crippen LogP contribution in [-0.4, -0.2) is 14.2 Å². The molecule has 0 spiro atoms. The van der Waals surface area contributed by atoms with E-state index in [2.05, 4.69) is 4.72 Å². The Morgan fingerprint density at radius 1 is 1.12 bits per heavy atom. The Hall–Kier alpha value is -2.06. The Bertz CT molecular complexity index is 895. The van der Waals surface area contributed by atoms with Gasteiger partial charge in [0.2, 0.25) is 0 Å². The zero-order valence-electron chi connectivity index (χ0n) is 12.2. The van der Waals surface area contributed by atoms with E-state index in [1.54, 1.807) is 0 Å². The van der Waals surface area contributed by atoms with Crippen LogP contribution >= 0.6 is 11.6 Å². The number of halogens is 4. The predicted molar refractivity (Wildman–Crippen MR) is 83.7 cm³/mol. The molecule has 0 saturated heterocycles. The second-order valence-corrected chi connectivity index (χ2v) is 6.94. The van der Waals surface area contributed by atoms with E-state index in [4.69, 9.17) is 11.6 Å². The van der Waals surface area contributed by atoms with E-state index in [0.717, 1.165) is 6.07 Å². The summed E-state index contributed by atoms with van der Waals surface area (Å²) in [6.45, 7) is 1.30. The van der Waals surface area contributed by atoms with E-state index in [1.807, 2.05) is 0 Å². The standard InChI is InChI=1S/C15H11ClF3NO3S/c1-9(21)10-3-2-4-12(7-10)20-24(22,23)14-8-11(15(17,18)19)5-6-13(14)16/h2-8,20H,1H3. The molecule has 0 fully saturated rings. The summed E-state index contributed by atoms with van der Waals surface area (Å²) in [7, 11) is -4.36. The molecule has 0 bridgehead atoms. The van der Waals surface area contributed by atoms with Gasteiger partial charge in [0.1, 0.15) is 4.90 Å². The van der Waals surface area contributed by atoms with Crippen molar-refractivity contribution in [3.05, 3.63) is 58.6 Å². The fourth-order valence-electron chi connectivity index (χ4n) is 1.90. The largest absolute Gasteiger partial charge is 0.416 e. The van der Waals surface area contributed by atoms with Gasteiger partial charge in [0.25, 0.3) is 10.0 Å². The van der Waals surface area contributed by atoms with Crippen molar-refractivity contribution in [2.75, 3.05) is 4.72 Å². The fraction of sp³-hybridized carbons (Fsp3) is 0.133. The van der Waals surface area contributed by atoms with Gasteiger partial charge in [-0.15, -0.1) is 0 Å². The molecule has 0 saturated carbocycles. The minimum Gasteiger partial charge on any atom is -0.295 e. The van der Waals surface area contributed by atoms with E-state index >= 15 is 0 Å². The van der Waals surface area contributed by atoms with Crippen LogP contribution in [0.15, 0.2) is 47.4 Å². The summed E-state index contributed by atoms with van der Waals surface area (Å²) in [4.78, 5) is 10.6. The first-order chi connectivity index (χ1) is 11.0. The first-order valence-electron chi connectivity index (χ1n) is 6.51. The summed E-state index contributed by atoms with van der Waals surface area (Å²) in [6.07, 6.45) is -4.70. The van der Waals surface area contributed by atoms with Crippen LogP contribution < -0.4 is 4.72 Å². The maximum Gasteiger partial charge on any atom is 0.416 e. The normalized spacial score (nSPS) is 12.0. The number of anilines is 1. The lowest BCUT2D eigenvalue weighted by Crippen LogP contribution is -2.15. The number of hydrogen-bond acceptors (Lipinski definition) is 3. The average molecular weight is 378 g/mol. The van der Waals surface area contributed by atoms with Gasteiger partial charge in [-0.1, -0.05) is 23.7 Å². The lowest BCUT2D eigenvalue weighted by molar-refractivity contribution is -0.137. The molecule has 0 aromatic heterocycles. The van der Waals surface area contributed by atoms with Crippen molar-refractivity contribution in [3.63, 3.8) is 0 Å². The highest BCUT2D eigenvalue weighted by Crippen LogP contribution is 2.34. The molecular formula is C15H11ClF3NO3S. The number of ketones is 1. The van der Waals surface area contributed by atoms with Crippen LogP contribution in [0.2, 0.25) is 5.02 Å². The van der Waals surface area contributed by atoms with Crippen LogP contribution in [-0.2, 0) is 16.2 Å². The van der Waals surface area contributed by atoms with E-state index in [9.17, 15) is 26.4 Å². The topological polar surface area (TPSA) is 63.2 Å². The van der Waals surface area contributed by atoms with Crippen molar-refractivity contribution in [2.45, 2.75) is 18.0 Å². The summed E-state index contributed by atoms with van der Waals surface area (Å²) in [5.41, 5.74) is -0.841. The molecule has 9 heteroatoms. The number of Topliss-reactive ketones (excluding diaryl/α,β-unsaturated/α-hetero) is 1. The van der Waals surface area contributed by atoms with E-state index in [-0.39, 0.29) is 22.1 Å². The third-order valence-corrected chi connectivity index (χ3v) is 4.93.